The molecule has 0 saturated heterocycles. The third-order valence-electron chi connectivity index (χ3n) is 7.93. The van der Waals surface area contributed by atoms with Crippen LogP contribution in [0.2, 0.25) is 0 Å². The second kappa shape index (κ2) is 15.5. The molecule has 2 heterocycles. The first-order valence-electron chi connectivity index (χ1n) is 14.6. The van der Waals surface area contributed by atoms with Crippen LogP contribution >= 0.6 is 15.9 Å². The Morgan fingerprint density at radius 1 is 0.875 bits per heavy atom. The van der Waals surface area contributed by atoms with E-state index in [2.05, 4.69) is 15.9 Å². The summed E-state index contributed by atoms with van der Waals surface area (Å²) < 4.78 is 29.6. The first kappa shape index (κ1) is 36.2. The number of aromatic nitrogens is 1. The number of hydrogen-bond donors (Lipinski definition) is 6. The molecule has 1 aromatic heterocycles. The van der Waals surface area contributed by atoms with E-state index in [-0.39, 0.29) is 42.8 Å². The number of fused-ring (bicyclic) bond motifs is 2. The molecule has 0 bridgehead atoms. The largest absolute Gasteiger partial charge is 0.488 e. The van der Waals surface area contributed by atoms with E-state index in [1.54, 1.807) is 74.8 Å². The van der Waals surface area contributed by atoms with Crippen LogP contribution in [-0.4, -0.2) is 51.5 Å². The van der Waals surface area contributed by atoms with Crippen molar-refractivity contribution < 1.29 is 33.8 Å². The summed E-state index contributed by atoms with van der Waals surface area (Å²) in [5, 5.41) is 36.4. The topological polar surface area (TPSA) is 175 Å². The number of anilines is 3. The fourth-order valence-corrected chi connectivity index (χ4v) is 5.48. The summed E-state index contributed by atoms with van der Waals surface area (Å²) in [6, 6.07) is 20.5. The number of carbonyl (C=O) groups excluding carboxylic acids is 1. The first-order chi connectivity index (χ1) is 22.7. The average molecular weight is 723 g/mol. The van der Waals surface area contributed by atoms with Crippen LogP contribution < -0.4 is 27.4 Å². The van der Waals surface area contributed by atoms with Crippen LogP contribution in [0.4, 0.5) is 25.8 Å². The lowest BCUT2D eigenvalue weighted by molar-refractivity contribution is -0.119. The van der Waals surface area contributed by atoms with Gasteiger partial charge in [0.2, 0.25) is 5.91 Å². The van der Waals surface area contributed by atoms with Crippen molar-refractivity contribution in [1.29, 1.82) is 0 Å². The third-order valence-corrected chi connectivity index (χ3v) is 8.54. The Morgan fingerprint density at radius 3 is 2.04 bits per heavy atom. The van der Waals surface area contributed by atoms with Crippen molar-refractivity contribution in [1.82, 2.24) is 4.57 Å². The van der Waals surface area contributed by atoms with Gasteiger partial charge in [-0.2, -0.15) is 0 Å². The van der Waals surface area contributed by atoms with Gasteiger partial charge in [-0.25, -0.2) is 8.78 Å². The van der Waals surface area contributed by atoms with Crippen LogP contribution in [0.25, 0.3) is 22.0 Å². The van der Waals surface area contributed by atoms with Crippen molar-refractivity contribution in [2.75, 3.05) is 30.0 Å². The van der Waals surface area contributed by atoms with Gasteiger partial charge in [0.25, 0.3) is 5.56 Å². The Bertz CT molecular complexity index is 1990. The van der Waals surface area contributed by atoms with Crippen molar-refractivity contribution in [2.24, 2.45) is 7.05 Å². The normalized spacial score (nSPS) is 13.6. The molecule has 48 heavy (non-hydrogen) atoms. The Hall–Kier alpha value is -4.60. The van der Waals surface area contributed by atoms with Crippen LogP contribution in [0.5, 0.6) is 0 Å². The summed E-state index contributed by atoms with van der Waals surface area (Å²) in [6.45, 7) is -0.457. The zero-order valence-corrected chi connectivity index (χ0v) is 27.7. The lowest BCUT2D eigenvalue weighted by Gasteiger charge is -2.31. The van der Waals surface area contributed by atoms with Crippen LogP contribution in [0.15, 0.2) is 88.1 Å². The Labute approximate surface area is 283 Å². The van der Waals surface area contributed by atoms with E-state index in [1.165, 1.54) is 27.7 Å². The Kier molecular flexibility index (Phi) is 11.7. The summed E-state index contributed by atoms with van der Waals surface area (Å²) in [6.07, 6.45) is 0.223. The van der Waals surface area contributed by atoms with Gasteiger partial charge in [-0.05, 0) is 86.6 Å². The molecule has 14 heteroatoms. The molecular formula is C34H34BBrF2N4O6. The number of aliphatic hydroxyl groups excluding tert-OH is 2. The van der Waals surface area contributed by atoms with Crippen molar-refractivity contribution in [3.8, 4) is 11.1 Å². The number of rotatable bonds is 4. The van der Waals surface area contributed by atoms with E-state index < -0.39 is 12.9 Å². The molecule has 250 valence electrons. The highest BCUT2D eigenvalue weighted by atomic mass is 79.9. The molecule has 6 rings (SSSR count). The van der Waals surface area contributed by atoms with E-state index in [4.69, 9.17) is 21.5 Å². The number of benzene rings is 4. The van der Waals surface area contributed by atoms with Gasteiger partial charge < -0.3 is 41.2 Å². The smallest absolute Gasteiger partial charge is 0.423 e. The number of aryl methyl sites for hydroxylation is 1. The molecule has 1 atom stereocenters. The molecule has 1 aliphatic heterocycles. The molecule has 1 amide bonds. The van der Waals surface area contributed by atoms with Crippen LogP contribution in [0.1, 0.15) is 23.5 Å². The van der Waals surface area contributed by atoms with Gasteiger partial charge in [-0.3, -0.25) is 9.59 Å². The highest BCUT2D eigenvalue weighted by Gasteiger charge is 2.29. The zero-order chi connectivity index (χ0) is 35.3. The van der Waals surface area contributed by atoms with E-state index >= 15 is 0 Å². The number of nitrogen functional groups attached to an aromatic ring is 2. The van der Waals surface area contributed by atoms with Gasteiger partial charge in [0, 0.05) is 60.5 Å². The third kappa shape index (κ3) is 8.09. The maximum Gasteiger partial charge on any atom is 0.488 e. The maximum absolute atomic E-state index is 14.5. The van der Waals surface area contributed by atoms with Crippen LogP contribution in [0.3, 0.4) is 0 Å². The fraction of sp³-hybridized carbons (Fsp3) is 0.176. The fourth-order valence-electron chi connectivity index (χ4n) is 5.15. The second-order valence-corrected chi connectivity index (χ2v) is 12.0. The molecule has 0 spiro atoms. The minimum atomic E-state index is -1.40. The number of carbonyl (C=O) groups is 1. The molecule has 0 radical (unpaired) electrons. The maximum atomic E-state index is 14.5. The van der Waals surface area contributed by atoms with Gasteiger partial charge >= 0.3 is 7.12 Å². The summed E-state index contributed by atoms with van der Waals surface area (Å²) in [4.78, 5) is 25.1. The van der Waals surface area contributed by atoms with Crippen molar-refractivity contribution >= 4 is 62.4 Å². The molecule has 8 N–H and O–H groups in total. The molecule has 0 fully saturated rings. The summed E-state index contributed by atoms with van der Waals surface area (Å²) in [5.74, 6) is -1.16. The first-order valence-corrected chi connectivity index (χ1v) is 15.4. The zero-order valence-electron chi connectivity index (χ0n) is 26.1. The summed E-state index contributed by atoms with van der Waals surface area (Å²) in [7, 11) is 1.87. The van der Waals surface area contributed by atoms with Crippen LogP contribution in [0, 0.1) is 11.6 Å². The number of nitrogens with zero attached hydrogens (tertiary/aromatic N) is 2. The molecular weight excluding hydrogens is 689 g/mol. The van der Waals surface area contributed by atoms with E-state index in [0.717, 1.165) is 0 Å². The Morgan fingerprint density at radius 2 is 1.48 bits per heavy atom. The molecule has 4 aromatic carbocycles. The number of nitrogens with two attached hydrogens (primary N) is 2. The SMILES string of the molecule is CN1C(=O)CC(CO)c2cc(F)c(Br)cc21.Cn1c(=O)cc(CO)c2cc(F)c(-c3ccc(N)cc3)cc21.Nc1ccc(B(O)O)cc1. The quantitative estimate of drug-likeness (QED) is 0.121. The molecule has 5 aromatic rings. The van der Waals surface area contributed by atoms with Gasteiger partial charge in [0.1, 0.15) is 11.6 Å². The van der Waals surface area contributed by atoms with Gasteiger partial charge in [0.15, 0.2) is 0 Å². The van der Waals surface area contributed by atoms with Crippen molar-refractivity contribution in [3.63, 3.8) is 0 Å². The number of pyridine rings is 1. The van der Waals surface area contributed by atoms with Gasteiger partial charge in [-0.15, -0.1) is 0 Å². The molecule has 10 nitrogen and oxygen atoms in total. The highest BCUT2D eigenvalue weighted by molar-refractivity contribution is 9.10. The van der Waals surface area contributed by atoms with E-state index in [9.17, 15) is 28.6 Å². The lowest BCUT2D eigenvalue weighted by atomic mass is 9.80. The molecule has 0 aliphatic carbocycles. The lowest BCUT2D eigenvalue weighted by Crippen LogP contribution is -2.34. The van der Waals surface area contributed by atoms with E-state index in [0.29, 0.717) is 60.2 Å². The number of halogens is 3. The van der Waals surface area contributed by atoms with Gasteiger partial charge in [-0.1, -0.05) is 24.3 Å². The average Bonchev–Trinajstić information content (AvgIpc) is 3.06. The summed E-state index contributed by atoms with van der Waals surface area (Å²) >= 11 is 3.09. The van der Waals surface area contributed by atoms with Crippen LogP contribution in [-0.2, 0) is 18.4 Å². The predicted octanol–water partition coefficient (Wildman–Crippen LogP) is 3.40. The molecule has 1 aliphatic rings. The minimum absolute atomic E-state index is 0.0648. The predicted molar refractivity (Wildman–Crippen MR) is 188 cm³/mol. The Balaban J connectivity index is 0.000000175. The second-order valence-electron chi connectivity index (χ2n) is 11.1. The number of aliphatic hydroxyl groups is 2. The number of hydrogen-bond acceptors (Lipinski definition) is 8. The standard InChI is InChI=1S/C17H15FN2O2.C11H11BrFNO2.C6H8BNO2/c1-20-16-8-13(10-2-4-12(19)5-3-10)15(18)7-14(16)11(9-21)6-17(20)22;1-14-10-4-8(12)9(13)3-7(10)6(5-15)2-11(14)16;8-6-3-1-5(2-4-6)7(9)10/h2-8,21H,9,19H2,1H3;3-4,6,15H,2,5H2,1H3;1-4,9-10H,8H2. The van der Waals surface area contributed by atoms with E-state index in [1.807, 2.05) is 0 Å². The monoisotopic (exact) mass is 722 g/mol. The van der Waals surface area contributed by atoms with Crippen molar-refractivity contribution in [2.45, 2.75) is 18.9 Å². The highest BCUT2D eigenvalue weighted by Crippen LogP contribution is 2.38. The molecule has 1 unspecified atom stereocenters. The van der Waals surface area contributed by atoms with Crippen molar-refractivity contribution in [3.05, 3.63) is 116 Å². The van der Waals surface area contributed by atoms with Gasteiger partial charge in [0.05, 0.1) is 23.2 Å². The number of amides is 1. The minimum Gasteiger partial charge on any atom is -0.423 e. The molecule has 0 saturated carbocycles. The summed E-state index contributed by atoms with van der Waals surface area (Å²) in [5.41, 5.74) is 15.8.